The van der Waals surface area contributed by atoms with Crippen LogP contribution in [0, 0.1) is 11.3 Å². The van der Waals surface area contributed by atoms with Crippen molar-refractivity contribution in [3.05, 3.63) is 107 Å². The van der Waals surface area contributed by atoms with Gasteiger partial charge in [-0.25, -0.2) is 5.43 Å². The number of aromatic nitrogens is 2. The number of cyclic esters (lactones) is 1. The molecule has 8 rings (SSSR count). The van der Waals surface area contributed by atoms with E-state index in [9.17, 15) is 24.3 Å². The van der Waals surface area contributed by atoms with Gasteiger partial charge in [-0.15, -0.1) is 0 Å². The number of hydrogen-bond acceptors (Lipinski definition) is 11. The van der Waals surface area contributed by atoms with E-state index in [4.69, 9.17) is 19.2 Å². The molecule has 15 nitrogen and oxygen atoms in total. The van der Waals surface area contributed by atoms with E-state index in [2.05, 4.69) is 59.6 Å². The number of benzene rings is 3. The molecule has 5 heterocycles. The summed E-state index contributed by atoms with van der Waals surface area (Å²) in [5.74, 6) is -2.21. The molecule has 360 valence electrons. The first-order valence-electron chi connectivity index (χ1n) is 23.8. The van der Waals surface area contributed by atoms with Crippen LogP contribution < -0.4 is 16.1 Å². The van der Waals surface area contributed by atoms with Crippen LogP contribution in [0.15, 0.2) is 85.1 Å². The van der Waals surface area contributed by atoms with E-state index >= 15 is 0 Å². The lowest BCUT2D eigenvalue weighted by molar-refractivity contribution is -0.155. The molecule has 2 fully saturated rings. The van der Waals surface area contributed by atoms with E-state index < -0.39 is 53.5 Å². The first-order chi connectivity index (χ1) is 32.6. The summed E-state index contributed by atoms with van der Waals surface area (Å²) in [7, 11) is 3.26. The predicted octanol–water partition coefficient (Wildman–Crippen LogP) is 6.62. The number of hydrogen-bond donors (Lipinski definition) is 4. The summed E-state index contributed by atoms with van der Waals surface area (Å²) in [6.45, 7) is 13.2. The van der Waals surface area contributed by atoms with Gasteiger partial charge in [0.1, 0.15) is 23.9 Å². The number of aromatic hydroxyl groups is 1. The summed E-state index contributed by atoms with van der Waals surface area (Å²) in [6, 6.07) is 21.7. The normalized spacial score (nSPS) is 21.8. The molecule has 3 aliphatic heterocycles. The number of fused-ring (bicyclic) bond motifs is 6. The van der Waals surface area contributed by atoms with E-state index in [1.54, 1.807) is 32.5 Å². The van der Waals surface area contributed by atoms with Crippen LogP contribution in [0.25, 0.3) is 33.3 Å². The van der Waals surface area contributed by atoms with E-state index in [0.717, 1.165) is 50.1 Å². The molecule has 0 spiro atoms. The maximum Gasteiger partial charge on any atom is 0.324 e. The fourth-order valence-electron chi connectivity index (χ4n) is 10.2. The highest BCUT2D eigenvalue weighted by Crippen LogP contribution is 2.42. The molecule has 0 aliphatic carbocycles. The van der Waals surface area contributed by atoms with Crippen molar-refractivity contribution >= 4 is 34.6 Å². The number of hydrazine groups is 1. The molecule has 0 saturated carbocycles. The second-order valence-corrected chi connectivity index (χ2v) is 19.5. The molecule has 0 unspecified atom stereocenters. The number of phenols is 1. The molecule has 6 atom stereocenters. The van der Waals surface area contributed by atoms with Crippen LogP contribution in [0.3, 0.4) is 0 Å². The van der Waals surface area contributed by atoms with Gasteiger partial charge >= 0.3 is 5.97 Å². The Morgan fingerprint density at radius 3 is 2.54 bits per heavy atom. The third-order valence-electron chi connectivity index (χ3n) is 13.6. The Labute approximate surface area is 398 Å². The molecular weight excluding hydrogens is 863 g/mol. The van der Waals surface area contributed by atoms with Gasteiger partial charge in [-0.1, -0.05) is 70.2 Å². The minimum absolute atomic E-state index is 0.00584. The van der Waals surface area contributed by atoms with Gasteiger partial charge in [-0.3, -0.25) is 34.5 Å². The molecular formula is C53H65N7O8. The number of ether oxygens (including phenoxy) is 3. The second-order valence-electron chi connectivity index (χ2n) is 19.5. The second kappa shape index (κ2) is 20.2. The van der Waals surface area contributed by atoms with Gasteiger partial charge < -0.3 is 34.1 Å². The van der Waals surface area contributed by atoms with Crippen LogP contribution in [0.2, 0.25) is 0 Å². The number of phenolic OH excluding ortho intramolecular Hbond substituents is 1. The Balaban J connectivity index is 1.20. The van der Waals surface area contributed by atoms with E-state index in [-0.39, 0.29) is 50.0 Å². The quantitative estimate of drug-likeness (QED) is 0.111. The van der Waals surface area contributed by atoms with Crippen molar-refractivity contribution < 1.29 is 38.5 Å². The number of rotatable bonds is 10. The third kappa shape index (κ3) is 9.89. The van der Waals surface area contributed by atoms with Crippen LogP contribution in [-0.2, 0) is 52.8 Å². The minimum Gasteiger partial charge on any atom is -0.508 e. The van der Waals surface area contributed by atoms with Crippen molar-refractivity contribution in [1.29, 1.82) is 0 Å². The van der Waals surface area contributed by atoms with Gasteiger partial charge in [0.15, 0.2) is 6.10 Å². The number of aryl methyl sites for hydroxylation is 1. The Morgan fingerprint density at radius 1 is 1.03 bits per heavy atom. The zero-order chi connectivity index (χ0) is 48.4. The van der Waals surface area contributed by atoms with Crippen molar-refractivity contribution in [1.82, 2.24) is 35.5 Å². The van der Waals surface area contributed by atoms with Gasteiger partial charge in [-0.2, -0.15) is 0 Å². The monoisotopic (exact) mass is 927 g/mol. The van der Waals surface area contributed by atoms with E-state index in [0.29, 0.717) is 31.4 Å². The van der Waals surface area contributed by atoms with Gasteiger partial charge in [0.2, 0.25) is 5.91 Å². The highest BCUT2D eigenvalue weighted by atomic mass is 16.5. The summed E-state index contributed by atoms with van der Waals surface area (Å²) in [4.78, 5) is 63.9. The summed E-state index contributed by atoms with van der Waals surface area (Å²) in [6.07, 6.45) is 2.11. The number of esters is 1. The summed E-state index contributed by atoms with van der Waals surface area (Å²) in [5, 5.41) is 20.1. The molecule has 3 amide bonds. The predicted molar refractivity (Wildman–Crippen MR) is 259 cm³/mol. The molecule has 3 aliphatic rings. The first-order valence-corrected chi connectivity index (χ1v) is 23.8. The molecule has 2 saturated heterocycles. The largest absolute Gasteiger partial charge is 0.508 e. The molecule has 5 aromatic rings. The fourth-order valence-corrected chi connectivity index (χ4v) is 10.2. The van der Waals surface area contributed by atoms with Crippen molar-refractivity contribution in [2.75, 3.05) is 34.0 Å². The SMILES string of the molecule is CCn1c(-c2cccnc2[C@H](C)OC)c2c3cc(ccc31)-c1cc(O)cc(c1)C[C@H](NC(=O)[C@H](C(C)C)N(C)C(=O)[C@@H]1OCN[C@@H]1c1ccccc1)C(=O)N1CCC[C@H](N1)C(=O)OCC(C)(C)C2. The lowest BCUT2D eigenvalue weighted by atomic mass is 9.84. The lowest BCUT2D eigenvalue weighted by Crippen LogP contribution is -2.62. The Morgan fingerprint density at radius 2 is 1.81 bits per heavy atom. The number of nitrogens with one attached hydrogen (secondary N) is 3. The molecule has 4 N–H and O–H groups in total. The van der Waals surface area contributed by atoms with Crippen LogP contribution >= 0.6 is 0 Å². The highest BCUT2D eigenvalue weighted by Gasteiger charge is 2.42. The standard InChI is InChI=1S/C53H65N7O8/c1-9-59-43-20-19-35-27-39(43)40(47(59)38-17-13-21-54-44(38)32(4)66-8)28-53(5,6)29-67-52(65)41-18-14-22-60(57-41)50(63)42(25-33-23-36(35)26-37(61)24-33)56-49(62)46(31(2)3)58(7)51(64)48-45(55-30-68-48)34-15-11-10-12-16-34/h10-13,15-17,19-21,23-24,26-27,31-32,41-42,45-46,48,55,57,61H,9,14,18,22,25,28-30H2,1-8H3,(H,56,62)/t32-,41-,42-,45+,46-,48+/m0/s1. The average Bonchev–Trinajstić information content (AvgIpc) is 3.94. The third-order valence-corrected chi connectivity index (χ3v) is 13.6. The zero-order valence-electron chi connectivity index (χ0n) is 40.4. The number of carbonyl (C=O) groups is 4. The lowest BCUT2D eigenvalue weighted by Gasteiger charge is -2.37. The number of amides is 3. The number of pyridine rings is 1. The van der Waals surface area contributed by atoms with Gasteiger partial charge in [0.05, 0.1) is 36.9 Å². The maximum atomic E-state index is 14.8. The summed E-state index contributed by atoms with van der Waals surface area (Å²) >= 11 is 0. The fraction of sp³-hybridized carbons (Fsp3) is 0.453. The zero-order valence-corrected chi connectivity index (χ0v) is 40.4. The highest BCUT2D eigenvalue weighted by molar-refractivity contribution is 5.96. The molecule has 3 aromatic carbocycles. The van der Waals surface area contributed by atoms with E-state index in [1.165, 1.54) is 9.91 Å². The summed E-state index contributed by atoms with van der Waals surface area (Å²) in [5.41, 5.74) is 10.5. The van der Waals surface area contributed by atoms with Gasteiger partial charge in [-0.05, 0) is 103 Å². The molecule has 2 aromatic heterocycles. The van der Waals surface area contributed by atoms with Crippen molar-refractivity contribution in [2.45, 2.75) is 110 Å². The minimum atomic E-state index is -1.16. The van der Waals surface area contributed by atoms with Crippen LogP contribution in [-0.4, -0.2) is 107 Å². The van der Waals surface area contributed by atoms with Gasteiger partial charge in [0, 0.05) is 61.7 Å². The molecule has 6 bridgehead atoms. The van der Waals surface area contributed by atoms with Crippen molar-refractivity contribution in [2.24, 2.45) is 11.3 Å². The number of likely N-dealkylation sites (N-methyl/N-ethyl adjacent to an activating group) is 1. The maximum absolute atomic E-state index is 14.8. The van der Waals surface area contributed by atoms with Crippen LogP contribution in [0.4, 0.5) is 0 Å². The first kappa shape index (κ1) is 48.3. The Bertz CT molecular complexity index is 2670. The number of carbonyl (C=O) groups excluding carboxylic acids is 4. The summed E-state index contributed by atoms with van der Waals surface area (Å²) < 4.78 is 20.2. The van der Waals surface area contributed by atoms with Gasteiger partial charge in [0.25, 0.3) is 11.8 Å². The van der Waals surface area contributed by atoms with Crippen molar-refractivity contribution in [3.63, 3.8) is 0 Å². The molecule has 0 radical (unpaired) electrons. The van der Waals surface area contributed by atoms with E-state index in [1.807, 2.05) is 69.3 Å². The number of methoxy groups -OCH3 is 1. The smallest absolute Gasteiger partial charge is 0.324 e. The van der Waals surface area contributed by atoms with Crippen molar-refractivity contribution in [3.8, 4) is 28.1 Å². The average molecular weight is 928 g/mol. The molecule has 68 heavy (non-hydrogen) atoms. The van der Waals surface area contributed by atoms with Crippen LogP contribution in [0.1, 0.15) is 88.9 Å². The molecule has 15 heteroatoms. The Hall–Kier alpha value is -6.13. The topological polar surface area (TPSA) is 177 Å². The number of nitrogens with zero attached hydrogens (tertiary/aromatic N) is 4. The Kier molecular flexibility index (Phi) is 14.4. The van der Waals surface area contributed by atoms with Crippen LogP contribution in [0.5, 0.6) is 5.75 Å².